The predicted octanol–water partition coefficient (Wildman–Crippen LogP) is 1.48. The first kappa shape index (κ1) is 11.1. The monoisotopic (exact) mass is 218 g/mol. The van der Waals surface area contributed by atoms with Crippen molar-refractivity contribution in [2.75, 3.05) is 13.1 Å². The van der Waals surface area contributed by atoms with Crippen LogP contribution < -0.4 is 10.6 Å². The lowest BCUT2D eigenvalue weighted by Crippen LogP contribution is -2.45. The van der Waals surface area contributed by atoms with Crippen LogP contribution in [0.1, 0.15) is 28.8 Å². The number of nitrogens with one attached hydrogen (secondary N) is 2. The maximum absolute atomic E-state index is 11.9. The summed E-state index contributed by atoms with van der Waals surface area (Å²) in [6, 6.07) is 7.98. The second kappa shape index (κ2) is 5.12. The van der Waals surface area contributed by atoms with Gasteiger partial charge in [0.2, 0.25) is 0 Å². The molecule has 0 bridgehead atoms. The van der Waals surface area contributed by atoms with E-state index in [9.17, 15) is 4.79 Å². The van der Waals surface area contributed by atoms with Gasteiger partial charge in [-0.05, 0) is 38.4 Å². The Labute approximate surface area is 96.2 Å². The van der Waals surface area contributed by atoms with Gasteiger partial charge in [0.05, 0.1) is 0 Å². The molecule has 16 heavy (non-hydrogen) atoms. The summed E-state index contributed by atoms with van der Waals surface area (Å²) < 4.78 is 0. The van der Waals surface area contributed by atoms with Crippen LogP contribution >= 0.6 is 0 Å². The van der Waals surface area contributed by atoms with Crippen LogP contribution in [0, 0.1) is 6.92 Å². The molecule has 1 saturated heterocycles. The largest absolute Gasteiger partial charge is 0.348 e. The fourth-order valence-corrected chi connectivity index (χ4v) is 2.03. The van der Waals surface area contributed by atoms with Gasteiger partial charge < -0.3 is 10.6 Å². The summed E-state index contributed by atoms with van der Waals surface area (Å²) in [5.74, 6) is 0.0393. The first-order chi connectivity index (χ1) is 7.75. The average molecular weight is 218 g/mol. The van der Waals surface area contributed by atoms with Crippen LogP contribution in [0.3, 0.4) is 0 Å². The SMILES string of the molecule is Cc1cccc(C(=O)N[C@@H]2CCCNC2)c1. The Balaban J connectivity index is 1.97. The van der Waals surface area contributed by atoms with Crippen molar-refractivity contribution in [3.8, 4) is 0 Å². The third kappa shape index (κ3) is 2.83. The standard InChI is InChI=1S/C13H18N2O/c1-10-4-2-5-11(8-10)13(16)15-12-6-3-7-14-9-12/h2,4-5,8,12,14H,3,6-7,9H2,1H3,(H,15,16)/t12-/m1/s1. The van der Waals surface area contributed by atoms with Gasteiger partial charge in [-0.15, -0.1) is 0 Å². The Bertz CT molecular complexity index is 370. The van der Waals surface area contributed by atoms with Crippen molar-refractivity contribution in [3.05, 3.63) is 35.4 Å². The molecule has 1 amide bonds. The molecule has 0 spiro atoms. The normalized spacial score (nSPS) is 20.4. The fourth-order valence-electron chi connectivity index (χ4n) is 2.03. The van der Waals surface area contributed by atoms with E-state index >= 15 is 0 Å². The van der Waals surface area contributed by atoms with Crippen LogP contribution in [0.2, 0.25) is 0 Å². The van der Waals surface area contributed by atoms with Gasteiger partial charge in [-0.25, -0.2) is 0 Å². The highest BCUT2D eigenvalue weighted by Gasteiger charge is 2.15. The molecule has 0 aliphatic carbocycles. The Morgan fingerprint density at radius 2 is 2.38 bits per heavy atom. The molecule has 1 aliphatic rings. The highest BCUT2D eigenvalue weighted by molar-refractivity contribution is 5.94. The van der Waals surface area contributed by atoms with Gasteiger partial charge in [0, 0.05) is 18.2 Å². The maximum Gasteiger partial charge on any atom is 0.251 e. The van der Waals surface area contributed by atoms with Crippen molar-refractivity contribution in [2.45, 2.75) is 25.8 Å². The molecule has 2 rings (SSSR count). The van der Waals surface area contributed by atoms with E-state index in [1.54, 1.807) is 0 Å². The van der Waals surface area contributed by atoms with Crippen LogP contribution in [-0.4, -0.2) is 25.0 Å². The van der Waals surface area contributed by atoms with E-state index < -0.39 is 0 Å². The van der Waals surface area contributed by atoms with Crippen LogP contribution in [-0.2, 0) is 0 Å². The van der Waals surface area contributed by atoms with Crippen molar-refractivity contribution in [1.82, 2.24) is 10.6 Å². The topological polar surface area (TPSA) is 41.1 Å². The van der Waals surface area contributed by atoms with Gasteiger partial charge in [-0.2, -0.15) is 0 Å². The Kier molecular flexibility index (Phi) is 3.57. The Hall–Kier alpha value is -1.35. The summed E-state index contributed by atoms with van der Waals surface area (Å²) >= 11 is 0. The number of rotatable bonds is 2. The molecule has 86 valence electrons. The molecule has 1 aromatic carbocycles. The summed E-state index contributed by atoms with van der Waals surface area (Å²) in [7, 11) is 0. The zero-order valence-corrected chi connectivity index (χ0v) is 9.62. The van der Waals surface area contributed by atoms with Crippen molar-refractivity contribution in [2.24, 2.45) is 0 Å². The predicted molar refractivity (Wildman–Crippen MR) is 64.5 cm³/mol. The molecule has 0 aromatic heterocycles. The minimum Gasteiger partial charge on any atom is -0.348 e. The van der Waals surface area contributed by atoms with E-state index in [4.69, 9.17) is 0 Å². The summed E-state index contributed by atoms with van der Waals surface area (Å²) in [6.45, 7) is 3.95. The molecule has 2 N–H and O–H groups in total. The van der Waals surface area contributed by atoms with Crippen molar-refractivity contribution in [1.29, 1.82) is 0 Å². The number of hydrogen-bond acceptors (Lipinski definition) is 2. The van der Waals surface area contributed by atoms with Crippen LogP contribution in [0.15, 0.2) is 24.3 Å². The number of carbonyl (C=O) groups excluding carboxylic acids is 1. The zero-order chi connectivity index (χ0) is 11.4. The molecular weight excluding hydrogens is 200 g/mol. The molecule has 1 aromatic rings. The molecule has 1 fully saturated rings. The van der Waals surface area contributed by atoms with E-state index in [0.717, 1.165) is 37.1 Å². The van der Waals surface area contributed by atoms with Crippen molar-refractivity contribution >= 4 is 5.91 Å². The first-order valence-electron chi connectivity index (χ1n) is 5.84. The summed E-state index contributed by atoms with van der Waals surface area (Å²) in [5.41, 5.74) is 1.87. The number of amides is 1. The van der Waals surface area contributed by atoms with Gasteiger partial charge >= 0.3 is 0 Å². The van der Waals surface area contributed by atoms with Gasteiger partial charge in [-0.1, -0.05) is 17.7 Å². The molecule has 1 atom stereocenters. The number of hydrogen-bond donors (Lipinski definition) is 2. The molecular formula is C13H18N2O. The third-order valence-electron chi connectivity index (χ3n) is 2.91. The number of carbonyl (C=O) groups is 1. The van der Waals surface area contributed by atoms with Gasteiger partial charge in [0.15, 0.2) is 0 Å². The highest BCUT2D eigenvalue weighted by Crippen LogP contribution is 2.06. The second-order valence-corrected chi connectivity index (χ2v) is 4.39. The molecule has 1 aliphatic heterocycles. The van der Waals surface area contributed by atoms with E-state index in [2.05, 4.69) is 10.6 Å². The number of piperidine rings is 1. The zero-order valence-electron chi connectivity index (χ0n) is 9.62. The minimum atomic E-state index is 0.0393. The average Bonchev–Trinajstić information content (AvgIpc) is 2.30. The van der Waals surface area contributed by atoms with Gasteiger partial charge in [0.25, 0.3) is 5.91 Å². The number of benzene rings is 1. The first-order valence-corrected chi connectivity index (χ1v) is 5.84. The second-order valence-electron chi connectivity index (χ2n) is 4.39. The molecule has 3 heteroatoms. The van der Waals surface area contributed by atoms with Crippen LogP contribution in [0.5, 0.6) is 0 Å². The van der Waals surface area contributed by atoms with E-state index in [1.807, 2.05) is 31.2 Å². The quantitative estimate of drug-likeness (QED) is 0.789. The fraction of sp³-hybridized carbons (Fsp3) is 0.462. The molecule has 3 nitrogen and oxygen atoms in total. The molecule has 0 saturated carbocycles. The van der Waals surface area contributed by atoms with Crippen LogP contribution in [0.4, 0.5) is 0 Å². The van der Waals surface area contributed by atoms with Gasteiger partial charge in [-0.3, -0.25) is 4.79 Å². The van der Waals surface area contributed by atoms with E-state index in [-0.39, 0.29) is 11.9 Å². The van der Waals surface area contributed by atoms with Crippen molar-refractivity contribution in [3.63, 3.8) is 0 Å². The Morgan fingerprint density at radius 3 is 3.06 bits per heavy atom. The minimum absolute atomic E-state index is 0.0393. The highest BCUT2D eigenvalue weighted by atomic mass is 16.1. The molecule has 1 heterocycles. The summed E-state index contributed by atoms with van der Waals surface area (Å²) in [6.07, 6.45) is 2.21. The van der Waals surface area contributed by atoms with E-state index in [1.165, 1.54) is 0 Å². The lowest BCUT2D eigenvalue weighted by atomic mass is 10.1. The van der Waals surface area contributed by atoms with Gasteiger partial charge in [0.1, 0.15) is 0 Å². The molecule has 0 unspecified atom stereocenters. The van der Waals surface area contributed by atoms with E-state index in [0.29, 0.717) is 0 Å². The smallest absolute Gasteiger partial charge is 0.251 e. The lowest BCUT2D eigenvalue weighted by molar-refractivity contribution is 0.0930. The third-order valence-corrected chi connectivity index (χ3v) is 2.91. The summed E-state index contributed by atoms with van der Waals surface area (Å²) in [5, 5.41) is 6.35. The summed E-state index contributed by atoms with van der Waals surface area (Å²) in [4.78, 5) is 11.9. The number of aryl methyl sites for hydroxylation is 1. The maximum atomic E-state index is 11.9. The Morgan fingerprint density at radius 1 is 1.50 bits per heavy atom. The van der Waals surface area contributed by atoms with Crippen molar-refractivity contribution < 1.29 is 4.79 Å². The lowest BCUT2D eigenvalue weighted by Gasteiger charge is -2.23. The van der Waals surface area contributed by atoms with Crippen LogP contribution in [0.25, 0.3) is 0 Å². The molecule has 0 radical (unpaired) electrons.